The largest absolute Gasteiger partial charge is 0.497 e. The van der Waals surface area contributed by atoms with Crippen LogP contribution in [0.1, 0.15) is 11.1 Å². The van der Waals surface area contributed by atoms with Crippen molar-refractivity contribution in [2.45, 2.75) is 0 Å². The van der Waals surface area contributed by atoms with Crippen LogP contribution in [0, 0.1) is 0 Å². The molecule has 5 nitrogen and oxygen atoms in total. The second kappa shape index (κ2) is 11.7. The van der Waals surface area contributed by atoms with E-state index in [1.165, 1.54) is 6.08 Å². The third-order valence-electron chi connectivity index (χ3n) is 4.41. The third kappa shape index (κ3) is 7.15. The fourth-order valence-corrected chi connectivity index (χ4v) is 2.80. The van der Waals surface area contributed by atoms with E-state index in [0.717, 1.165) is 11.1 Å². The van der Waals surface area contributed by atoms with E-state index in [2.05, 4.69) is 10.6 Å². The van der Waals surface area contributed by atoms with Crippen molar-refractivity contribution in [1.29, 1.82) is 0 Å². The summed E-state index contributed by atoms with van der Waals surface area (Å²) in [5.41, 5.74) is 2.54. The number of methoxy groups -OCH3 is 1. The van der Waals surface area contributed by atoms with Gasteiger partial charge in [0.25, 0.3) is 5.91 Å². The fourth-order valence-electron chi connectivity index (χ4n) is 2.80. The normalized spacial score (nSPS) is 11.5. The van der Waals surface area contributed by atoms with Gasteiger partial charge in [-0.15, -0.1) is 0 Å². The van der Waals surface area contributed by atoms with Crippen molar-refractivity contribution in [2.24, 2.45) is 0 Å². The molecule has 0 spiro atoms. The summed E-state index contributed by atoms with van der Waals surface area (Å²) >= 11 is 0. The molecular formula is C27H24N2O3. The Balaban J connectivity index is 1.77. The van der Waals surface area contributed by atoms with Crippen LogP contribution in [0.5, 0.6) is 5.75 Å². The number of benzene rings is 3. The first-order valence-electron chi connectivity index (χ1n) is 10.1. The van der Waals surface area contributed by atoms with Crippen molar-refractivity contribution in [3.8, 4) is 5.75 Å². The van der Waals surface area contributed by atoms with Gasteiger partial charge in [0.2, 0.25) is 5.91 Å². The van der Waals surface area contributed by atoms with Crippen LogP contribution in [0.25, 0.3) is 12.2 Å². The molecular weight excluding hydrogens is 400 g/mol. The highest BCUT2D eigenvalue weighted by atomic mass is 16.5. The molecule has 0 radical (unpaired) electrons. The van der Waals surface area contributed by atoms with E-state index in [-0.39, 0.29) is 5.70 Å². The van der Waals surface area contributed by atoms with Gasteiger partial charge in [-0.25, -0.2) is 0 Å². The Hall–Kier alpha value is -4.38. The number of amides is 2. The quantitative estimate of drug-likeness (QED) is 0.392. The smallest absolute Gasteiger partial charge is 0.272 e. The standard InChI is InChI=1S/C27H24N2O3/c1-32-24-16-9-15-23(20-24)28-27(31)25(17-8-14-21-10-4-2-5-11-21)29-26(30)19-18-22-12-6-3-7-13-22/h2-20H,1H3,(H,28,31)(H,29,30)/b14-8+,19-18?,25-17-. The van der Waals surface area contributed by atoms with E-state index in [1.807, 2.05) is 66.7 Å². The SMILES string of the molecule is COc1cccc(NC(=O)/C(=C/C=C/c2ccccc2)NC(=O)C=Cc2ccccc2)c1. The fraction of sp³-hybridized carbons (Fsp3) is 0.0370. The van der Waals surface area contributed by atoms with Gasteiger partial charge in [0.1, 0.15) is 11.4 Å². The van der Waals surface area contributed by atoms with Crippen molar-refractivity contribution in [3.05, 3.63) is 120 Å². The van der Waals surface area contributed by atoms with Crippen LogP contribution >= 0.6 is 0 Å². The molecule has 0 aliphatic carbocycles. The van der Waals surface area contributed by atoms with Gasteiger partial charge < -0.3 is 15.4 Å². The number of allylic oxidation sites excluding steroid dienone is 2. The summed E-state index contributed by atoms with van der Waals surface area (Å²) in [6.45, 7) is 0. The molecule has 0 saturated heterocycles. The number of anilines is 1. The van der Waals surface area contributed by atoms with Crippen LogP contribution in [-0.2, 0) is 9.59 Å². The summed E-state index contributed by atoms with van der Waals surface area (Å²) in [5, 5.41) is 5.45. The number of ether oxygens (including phenoxy) is 1. The molecule has 2 amide bonds. The molecule has 3 rings (SSSR count). The zero-order valence-corrected chi connectivity index (χ0v) is 17.7. The molecule has 0 heterocycles. The Kier molecular flexibility index (Phi) is 8.17. The van der Waals surface area contributed by atoms with E-state index in [0.29, 0.717) is 11.4 Å². The minimum absolute atomic E-state index is 0.114. The monoisotopic (exact) mass is 424 g/mol. The molecule has 3 aromatic rings. The molecule has 0 saturated carbocycles. The molecule has 2 N–H and O–H groups in total. The molecule has 0 aliphatic rings. The van der Waals surface area contributed by atoms with Crippen LogP contribution in [0.4, 0.5) is 5.69 Å². The Labute approximate surface area is 187 Å². The van der Waals surface area contributed by atoms with Crippen LogP contribution in [0.2, 0.25) is 0 Å². The van der Waals surface area contributed by atoms with Crippen LogP contribution in [0.3, 0.4) is 0 Å². The summed E-state index contributed by atoms with van der Waals surface area (Å²) in [6.07, 6.45) is 8.22. The third-order valence-corrected chi connectivity index (χ3v) is 4.41. The summed E-state index contributed by atoms with van der Waals surface area (Å²) in [7, 11) is 1.56. The lowest BCUT2D eigenvalue weighted by atomic mass is 10.2. The summed E-state index contributed by atoms with van der Waals surface area (Å²) in [6, 6.07) is 26.1. The molecule has 0 aromatic heterocycles. The predicted molar refractivity (Wildman–Crippen MR) is 129 cm³/mol. The molecule has 0 atom stereocenters. The van der Waals surface area contributed by atoms with Crippen LogP contribution in [0.15, 0.2) is 109 Å². The van der Waals surface area contributed by atoms with Crippen molar-refractivity contribution < 1.29 is 14.3 Å². The highest BCUT2D eigenvalue weighted by Crippen LogP contribution is 2.17. The van der Waals surface area contributed by atoms with E-state index < -0.39 is 11.8 Å². The predicted octanol–water partition coefficient (Wildman–Crippen LogP) is 5.06. The number of rotatable bonds is 8. The van der Waals surface area contributed by atoms with Gasteiger partial charge in [-0.2, -0.15) is 0 Å². The molecule has 5 heteroatoms. The minimum atomic E-state index is -0.447. The van der Waals surface area contributed by atoms with Crippen molar-refractivity contribution in [2.75, 3.05) is 12.4 Å². The first-order chi connectivity index (χ1) is 15.6. The number of carbonyl (C=O) groups is 2. The molecule has 0 unspecified atom stereocenters. The zero-order chi connectivity index (χ0) is 22.6. The van der Waals surface area contributed by atoms with Crippen molar-refractivity contribution in [3.63, 3.8) is 0 Å². The Morgan fingerprint density at radius 3 is 2.12 bits per heavy atom. The average molecular weight is 425 g/mol. The number of nitrogens with one attached hydrogen (secondary N) is 2. The van der Waals surface area contributed by atoms with Crippen molar-refractivity contribution in [1.82, 2.24) is 5.32 Å². The zero-order valence-electron chi connectivity index (χ0n) is 17.7. The van der Waals surface area contributed by atoms with Gasteiger partial charge in [-0.1, -0.05) is 78.9 Å². The molecule has 0 bridgehead atoms. The van der Waals surface area contributed by atoms with Gasteiger partial charge >= 0.3 is 0 Å². The van der Waals surface area contributed by atoms with Gasteiger partial charge in [0.05, 0.1) is 7.11 Å². The van der Waals surface area contributed by atoms with E-state index >= 15 is 0 Å². The Bertz CT molecular complexity index is 1130. The summed E-state index contributed by atoms with van der Waals surface area (Å²) in [4.78, 5) is 25.3. The second-order valence-corrected chi connectivity index (χ2v) is 6.77. The van der Waals surface area contributed by atoms with Crippen LogP contribution < -0.4 is 15.4 Å². The lowest BCUT2D eigenvalue weighted by Crippen LogP contribution is -2.29. The Morgan fingerprint density at radius 2 is 1.47 bits per heavy atom. The maximum atomic E-state index is 12.9. The molecule has 3 aromatic carbocycles. The average Bonchev–Trinajstić information content (AvgIpc) is 2.83. The minimum Gasteiger partial charge on any atom is -0.497 e. The maximum Gasteiger partial charge on any atom is 0.272 e. The van der Waals surface area contributed by atoms with E-state index in [9.17, 15) is 9.59 Å². The lowest BCUT2D eigenvalue weighted by Gasteiger charge is -2.10. The topological polar surface area (TPSA) is 67.4 Å². The van der Waals surface area contributed by atoms with Crippen molar-refractivity contribution >= 4 is 29.7 Å². The number of carbonyl (C=O) groups excluding carboxylic acids is 2. The summed E-state index contributed by atoms with van der Waals surface area (Å²) in [5.74, 6) is -0.237. The van der Waals surface area contributed by atoms with Gasteiger partial charge in [-0.3, -0.25) is 9.59 Å². The van der Waals surface area contributed by atoms with Crippen LogP contribution in [-0.4, -0.2) is 18.9 Å². The highest BCUT2D eigenvalue weighted by Gasteiger charge is 2.12. The Morgan fingerprint density at radius 1 is 0.812 bits per heavy atom. The van der Waals surface area contributed by atoms with E-state index in [1.54, 1.807) is 49.6 Å². The van der Waals surface area contributed by atoms with E-state index in [4.69, 9.17) is 4.74 Å². The summed E-state index contributed by atoms with van der Waals surface area (Å²) < 4.78 is 5.19. The number of hydrogen-bond acceptors (Lipinski definition) is 3. The van der Waals surface area contributed by atoms with Gasteiger partial charge in [-0.05, 0) is 35.4 Å². The lowest BCUT2D eigenvalue weighted by molar-refractivity contribution is -0.118. The maximum absolute atomic E-state index is 12.9. The number of hydrogen-bond donors (Lipinski definition) is 2. The van der Waals surface area contributed by atoms with Gasteiger partial charge in [0, 0.05) is 17.8 Å². The first kappa shape index (κ1) is 22.3. The highest BCUT2D eigenvalue weighted by molar-refractivity contribution is 6.07. The first-order valence-corrected chi connectivity index (χ1v) is 10.1. The molecule has 0 fully saturated rings. The molecule has 32 heavy (non-hydrogen) atoms. The second-order valence-electron chi connectivity index (χ2n) is 6.77. The molecule has 0 aliphatic heterocycles. The van der Waals surface area contributed by atoms with Gasteiger partial charge in [0.15, 0.2) is 0 Å². The molecule has 160 valence electrons.